The third-order valence-corrected chi connectivity index (χ3v) is 2.27. The number of hydrogen-bond acceptors (Lipinski definition) is 2. The minimum absolute atomic E-state index is 0.621. The van der Waals surface area contributed by atoms with Crippen LogP contribution in [0.3, 0.4) is 0 Å². The van der Waals surface area contributed by atoms with Gasteiger partial charge in [-0.1, -0.05) is 0 Å². The lowest BCUT2D eigenvalue weighted by atomic mass is 10.2. The number of aldehydes is 1. The first-order chi connectivity index (χ1) is 6.70. The summed E-state index contributed by atoms with van der Waals surface area (Å²) >= 11 is 0. The Kier molecular flexibility index (Phi) is 2.00. The maximum atomic E-state index is 10.6. The molecule has 1 N–H and O–H groups in total. The molecule has 1 aromatic carbocycles. The van der Waals surface area contributed by atoms with Crippen molar-refractivity contribution in [2.24, 2.45) is 0 Å². The highest BCUT2D eigenvalue weighted by Gasteiger charge is 2.01. The zero-order valence-corrected chi connectivity index (χ0v) is 8.24. The van der Waals surface area contributed by atoms with Gasteiger partial charge in [0.2, 0.25) is 0 Å². The SMILES string of the molecule is CN(C)c1ccc2[nH]c(C=O)cc2c1. The molecule has 0 bridgehead atoms. The van der Waals surface area contributed by atoms with Crippen LogP contribution in [0.15, 0.2) is 24.3 Å². The van der Waals surface area contributed by atoms with E-state index in [0.717, 1.165) is 22.9 Å². The van der Waals surface area contributed by atoms with Crippen LogP contribution in [0.5, 0.6) is 0 Å². The average molecular weight is 188 g/mol. The number of rotatable bonds is 2. The summed E-state index contributed by atoms with van der Waals surface area (Å²) in [4.78, 5) is 15.6. The Morgan fingerprint density at radius 3 is 2.71 bits per heavy atom. The fourth-order valence-electron chi connectivity index (χ4n) is 1.48. The van der Waals surface area contributed by atoms with E-state index in [1.165, 1.54) is 0 Å². The standard InChI is InChI=1S/C11H12N2O/c1-13(2)10-3-4-11-8(6-10)5-9(7-14)12-11/h3-7,12H,1-2H3. The minimum atomic E-state index is 0.621. The summed E-state index contributed by atoms with van der Waals surface area (Å²) in [6.45, 7) is 0. The predicted octanol–water partition coefficient (Wildman–Crippen LogP) is 2.05. The highest BCUT2D eigenvalue weighted by atomic mass is 16.1. The van der Waals surface area contributed by atoms with Gasteiger partial charge in [0.25, 0.3) is 0 Å². The van der Waals surface area contributed by atoms with Crippen molar-refractivity contribution in [2.75, 3.05) is 19.0 Å². The molecule has 0 saturated heterocycles. The van der Waals surface area contributed by atoms with Gasteiger partial charge in [0.05, 0.1) is 5.69 Å². The summed E-state index contributed by atoms with van der Waals surface area (Å²) in [5.74, 6) is 0. The van der Waals surface area contributed by atoms with Gasteiger partial charge in [-0.15, -0.1) is 0 Å². The molecule has 0 aliphatic rings. The van der Waals surface area contributed by atoms with Gasteiger partial charge in [-0.25, -0.2) is 0 Å². The molecular weight excluding hydrogens is 176 g/mol. The largest absolute Gasteiger partial charge is 0.378 e. The van der Waals surface area contributed by atoms with Crippen LogP contribution < -0.4 is 4.90 Å². The lowest BCUT2D eigenvalue weighted by Crippen LogP contribution is -2.07. The Bertz CT molecular complexity index is 471. The Labute approximate surface area is 82.3 Å². The number of carbonyl (C=O) groups excluding carboxylic acids is 1. The van der Waals surface area contributed by atoms with Crippen LogP contribution in [0, 0.1) is 0 Å². The number of hydrogen-bond donors (Lipinski definition) is 1. The Morgan fingerprint density at radius 2 is 2.07 bits per heavy atom. The summed E-state index contributed by atoms with van der Waals surface area (Å²) < 4.78 is 0. The fraction of sp³-hybridized carbons (Fsp3) is 0.182. The normalized spacial score (nSPS) is 10.4. The van der Waals surface area contributed by atoms with Crippen LogP contribution in [0.2, 0.25) is 0 Å². The molecule has 3 nitrogen and oxygen atoms in total. The van der Waals surface area contributed by atoms with Gasteiger partial charge < -0.3 is 9.88 Å². The number of fused-ring (bicyclic) bond motifs is 1. The van der Waals surface area contributed by atoms with Crippen molar-refractivity contribution in [1.29, 1.82) is 0 Å². The summed E-state index contributed by atoms with van der Waals surface area (Å²) in [5.41, 5.74) is 2.75. The minimum Gasteiger partial charge on any atom is -0.378 e. The molecule has 1 heterocycles. The number of anilines is 1. The van der Waals surface area contributed by atoms with Gasteiger partial charge in [0.1, 0.15) is 0 Å². The van der Waals surface area contributed by atoms with Crippen molar-refractivity contribution in [3.63, 3.8) is 0 Å². The molecule has 0 amide bonds. The number of nitrogens with zero attached hydrogens (tertiary/aromatic N) is 1. The van der Waals surface area contributed by atoms with Crippen LogP contribution in [0.1, 0.15) is 10.5 Å². The molecule has 0 aliphatic carbocycles. The quantitative estimate of drug-likeness (QED) is 0.732. The molecule has 72 valence electrons. The Balaban J connectivity index is 2.59. The van der Waals surface area contributed by atoms with E-state index in [-0.39, 0.29) is 0 Å². The summed E-state index contributed by atoms with van der Waals surface area (Å²) in [6, 6.07) is 7.92. The van der Waals surface area contributed by atoms with Gasteiger partial charge in [0, 0.05) is 30.7 Å². The first kappa shape index (κ1) is 8.81. The van der Waals surface area contributed by atoms with E-state index in [9.17, 15) is 4.79 Å². The molecule has 0 atom stereocenters. The monoisotopic (exact) mass is 188 g/mol. The molecule has 0 radical (unpaired) electrons. The van der Waals surface area contributed by atoms with E-state index in [4.69, 9.17) is 0 Å². The average Bonchev–Trinajstić information content (AvgIpc) is 2.58. The molecule has 0 fully saturated rings. The zero-order chi connectivity index (χ0) is 10.1. The van der Waals surface area contributed by atoms with Crippen LogP contribution in [0.25, 0.3) is 10.9 Å². The molecule has 2 rings (SSSR count). The van der Waals surface area contributed by atoms with Crippen molar-refractivity contribution >= 4 is 22.9 Å². The molecular formula is C11H12N2O. The molecule has 3 heteroatoms. The van der Waals surface area contributed by atoms with Crippen molar-refractivity contribution in [3.8, 4) is 0 Å². The fourth-order valence-corrected chi connectivity index (χ4v) is 1.48. The second-order valence-electron chi connectivity index (χ2n) is 3.51. The number of nitrogens with one attached hydrogen (secondary N) is 1. The van der Waals surface area contributed by atoms with Crippen LogP contribution in [0.4, 0.5) is 5.69 Å². The van der Waals surface area contributed by atoms with Crippen molar-refractivity contribution in [3.05, 3.63) is 30.0 Å². The van der Waals surface area contributed by atoms with E-state index in [1.54, 1.807) is 0 Å². The zero-order valence-electron chi connectivity index (χ0n) is 8.24. The van der Waals surface area contributed by atoms with Crippen LogP contribution in [-0.2, 0) is 0 Å². The first-order valence-corrected chi connectivity index (χ1v) is 4.46. The maximum absolute atomic E-state index is 10.6. The van der Waals surface area contributed by atoms with Gasteiger partial charge in [-0.3, -0.25) is 4.79 Å². The van der Waals surface area contributed by atoms with Crippen molar-refractivity contribution in [1.82, 2.24) is 4.98 Å². The molecule has 0 saturated carbocycles. The second kappa shape index (κ2) is 3.18. The van der Waals surface area contributed by atoms with Gasteiger partial charge >= 0.3 is 0 Å². The van der Waals surface area contributed by atoms with Crippen LogP contribution in [-0.4, -0.2) is 25.4 Å². The van der Waals surface area contributed by atoms with E-state index in [1.807, 2.05) is 37.2 Å². The lowest BCUT2D eigenvalue weighted by molar-refractivity contribution is 0.112. The lowest BCUT2D eigenvalue weighted by Gasteiger charge is -2.11. The number of carbonyl (C=O) groups is 1. The number of aromatic nitrogens is 1. The van der Waals surface area contributed by atoms with E-state index < -0.39 is 0 Å². The second-order valence-corrected chi connectivity index (χ2v) is 3.51. The van der Waals surface area contributed by atoms with Gasteiger partial charge in [-0.05, 0) is 24.3 Å². The van der Waals surface area contributed by atoms with E-state index >= 15 is 0 Å². The molecule has 14 heavy (non-hydrogen) atoms. The third kappa shape index (κ3) is 1.37. The number of benzene rings is 1. The topological polar surface area (TPSA) is 36.1 Å². The number of aromatic amines is 1. The first-order valence-electron chi connectivity index (χ1n) is 4.46. The van der Waals surface area contributed by atoms with E-state index in [2.05, 4.69) is 11.1 Å². The molecule has 2 aromatic rings. The smallest absolute Gasteiger partial charge is 0.166 e. The molecule has 1 aromatic heterocycles. The summed E-state index contributed by atoms with van der Waals surface area (Å²) in [6.07, 6.45) is 0.829. The molecule has 0 unspecified atom stereocenters. The Morgan fingerprint density at radius 1 is 1.29 bits per heavy atom. The number of H-pyrrole nitrogens is 1. The molecule has 0 spiro atoms. The van der Waals surface area contributed by atoms with Gasteiger partial charge in [0.15, 0.2) is 6.29 Å². The van der Waals surface area contributed by atoms with Crippen LogP contribution >= 0.6 is 0 Å². The van der Waals surface area contributed by atoms with Crippen molar-refractivity contribution in [2.45, 2.75) is 0 Å². The summed E-state index contributed by atoms with van der Waals surface area (Å²) in [7, 11) is 3.99. The highest BCUT2D eigenvalue weighted by molar-refractivity contribution is 5.89. The summed E-state index contributed by atoms with van der Waals surface area (Å²) in [5, 5.41) is 1.07. The maximum Gasteiger partial charge on any atom is 0.166 e. The highest BCUT2D eigenvalue weighted by Crippen LogP contribution is 2.20. The third-order valence-electron chi connectivity index (χ3n) is 2.27. The van der Waals surface area contributed by atoms with Crippen molar-refractivity contribution < 1.29 is 4.79 Å². The van der Waals surface area contributed by atoms with E-state index in [0.29, 0.717) is 5.69 Å². The Hall–Kier alpha value is -1.77. The van der Waals surface area contributed by atoms with Gasteiger partial charge in [-0.2, -0.15) is 0 Å². The predicted molar refractivity (Wildman–Crippen MR) is 58.0 cm³/mol. The molecule has 0 aliphatic heterocycles.